The molecular weight excluding hydrogens is 338 g/mol. The third-order valence-electron chi connectivity index (χ3n) is 4.88. The first-order chi connectivity index (χ1) is 12.0. The number of Topliss-reactive ketones (excluding diaryl/α,β-unsaturated/α-hetero) is 1. The van der Waals surface area contributed by atoms with Gasteiger partial charge in [0.05, 0.1) is 0 Å². The van der Waals surface area contributed by atoms with E-state index in [0.717, 1.165) is 30.8 Å². The van der Waals surface area contributed by atoms with Gasteiger partial charge in [0.15, 0.2) is 5.76 Å². The number of rotatable bonds is 2. The number of piperidine rings is 1. The maximum absolute atomic E-state index is 12.7. The molecule has 1 fully saturated rings. The van der Waals surface area contributed by atoms with Crippen molar-refractivity contribution in [1.29, 1.82) is 0 Å². The molecule has 1 aromatic heterocycles. The molecule has 2 N–H and O–H groups in total. The van der Waals surface area contributed by atoms with Crippen LogP contribution < -0.4 is 4.74 Å². The van der Waals surface area contributed by atoms with E-state index in [0.29, 0.717) is 11.3 Å². The summed E-state index contributed by atoms with van der Waals surface area (Å²) in [6.45, 7) is 1.84. The number of carbonyl (C=O) groups excluding carboxylic acids is 1. The van der Waals surface area contributed by atoms with Crippen LogP contribution >= 0.6 is 11.3 Å². The molecule has 2 aromatic rings. The van der Waals surface area contributed by atoms with Crippen LogP contribution in [0.3, 0.4) is 0 Å². The number of aromatic hydroxyl groups is 2. The predicted molar refractivity (Wildman–Crippen MR) is 96.5 cm³/mol. The number of ether oxygens (including phenoxy) is 1. The number of nitrogens with zero attached hydrogens (tertiary/aromatic N) is 1. The molecule has 0 atom stereocenters. The molecule has 2 aliphatic heterocycles. The first-order valence-electron chi connectivity index (χ1n) is 8.29. The molecule has 0 spiro atoms. The zero-order valence-electron chi connectivity index (χ0n) is 13.9. The minimum Gasteiger partial charge on any atom is -0.507 e. The number of carbonyl (C=O) groups is 1. The highest BCUT2D eigenvalue weighted by Crippen LogP contribution is 2.49. The van der Waals surface area contributed by atoms with E-state index in [-0.39, 0.29) is 34.5 Å². The Labute approximate surface area is 149 Å². The summed E-state index contributed by atoms with van der Waals surface area (Å²) in [6, 6.07) is 5.06. The number of thiophene rings is 1. The Morgan fingerprint density at radius 2 is 2.04 bits per heavy atom. The molecule has 3 heterocycles. The summed E-state index contributed by atoms with van der Waals surface area (Å²) in [5, 5.41) is 22.5. The standard InChI is InChI=1S/C19H19NO4S/c1-20-6-4-11(5-7-20)16-13(21)10-14(22)17-18(23)15(24-19(16)17)9-12-3-2-8-25-12/h2-3,8-11,21-22H,4-7H2,1H3/b15-9+. The highest BCUT2D eigenvalue weighted by Gasteiger charge is 2.37. The van der Waals surface area contributed by atoms with Gasteiger partial charge in [0, 0.05) is 22.6 Å². The smallest absolute Gasteiger partial charge is 0.235 e. The molecule has 0 radical (unpaired) electrons. The van der Waals surface area contributed by atoms with Gasteiger partial charge in [0.2, 0.25) is 5.78 Å². The van der Waals surface area contributed by atoms with Crippen LogP contribution in [0.15, 0.2) is 29.3 Å². The van der Waals surface area contributed by atoms with Crippen molar-refractivity contribution in [3.05, 3.63) is 45.3 Å². The van der Waals surface area contributed by atoms with Gasteiger partial charge in [-0.25, -0.2) is 0 Å². The summed E-state index contributed by atoms with van der Waals surface area (Å²) >= 11 is 1.50. The fourth-order valence-electron chi connectivity index (χ4n) is 3.54. The fourth-order valence-corrected chi connectivity index (χ4v) is 4.19. The van der Waals surface area contributed by atoms with Crippen molar-refractivity contribution < 1.29 is 19.7 Å². The molecule has 0 bridgehead atoms. The van der Waals surface area contributed by atoms with Gasteiger partial charge < -0.3 is 19.8 Å². The number of fused-ring (bicyclic) bond motifs is 1. The number of hydrogen-bond donors (Lipinski definition) is 2. The molecule has 130 valence electrons. The number of likely N-dealkylation sites (tertiary alicyclic amines) is 1. The molecule has 2 aliphatic rings. The van der Waals surface area contributed by atoms with Gasteiger partial charge in [-0.2, -0.15) is 0 Å². The Bertz CT molecular complexity index is 849. The maximum atomic E-state index is 12.7. The van der Waals surface area contributed by atoms with Crippen molar-refractivity contribution in [3.63, 3.8) is 0 Å². The highest BCUT2D eigenvalue weighted by molar-refractivity contribution is 7.10. The normalized spacial score (nSPS) is 20.0. The minimum atomic E-state index is -0.338. The lowest BCUT2D eigenvalue weighted by Gasteiger charge is -2.30. The lowest BCUT2D eigenvalue weighted by atomic mass is 9.86. The summed E-state index contributed by atoms with van der Waals surface area (Å²) < 4.78 is 5.85. The van der Waals surface area contributed by atoms with Gasteiger partial charge in [0.1, 0.15) is 22.8 Å². The van der Waals surface area contributed by atoms with Crippen molar-refractivity contribution in [2.24, 2.45) is 0 Å². The second kappa shape index (κ2) is 6.20. The molecule has 4 rings (SSSR count). The van der Waals surface area contributed by atoms with Crippen LogP contribution in [0.25, 0.3) is 6.08 Å². The van der Waals surface area contributed by atoms with E-state index < -0.39 is 0 Å². The number of hydrogen-bond acceptors (Lipinski definition) is 6. The average molecular weight is 357 g/mol. The van der Waals surface area contributed by atoms with Crippen LogP contribution in [-0.2, 0) is 0 Å². The highest BCUT2D eigenvalue weighted by atomic mass is 32.1. The second-order valence-corrected chi connectivity index (χ2v) is 7.54. The number of phenolic OH excluding ortho intramolecular Hbond substituents is 2. The van der Waals surface area contributed by atoms with E-state index >= 15 is 0 Å². The van der Waals surface area contributed by atoms with Crippen molar-refractivity contribution in [2.75, 3.05) is 20.1 Å². The Balaban J connectivity index is 1.77. The second-order valence-electron chi connectivity index (χ2n) is 6.57. The predicted octanol–water partition coefficient (Wildman–Crippen LogP) is 3.58. The van der Waals surface area contributed by atoms with Crippen LogP contribution in [0.1, 0.15) is 39.6 Å². The first-order valence-corrected chi connectivity index (χ1v) is 9.17. The van der Waals surface area contributed by atoms with Crippen LogP contribution in [0, 0.1) is 0 Å². The van der Waals surface area contributed by atoms with Gasteiger partial charge >= 0.3 is 0 Å². The Hall–Kier alpha value is -2.31. The Kier molecular flexibility index (Phi) is 4.01. The van der Waals surface area contributed by atoms with Gasteiger partial charge in [-0.3, -0.25) is 4.79 Å². The summed E-state index contributed by atoms with van der Waals surface area (Å²) in [7, 11) is 2.07. The summed E-state index contributed by atoms with van der Waals surface area (Å²) in [4.78, 5) is 15.8. The molecule has 1 saturated heterocycles. The molecule has 0 aliphatic carbocycles. The van der Waals surface area contributed by atoms with E-state index in [2.05, 4.69) is 11.9 Å². The maximum Gasteiger partial charge on any atom is 0.235 e. The van der Waals surface area contributed by atoms with Crippen molar-refractivity contribution >= 4 is 23.2 Å². The summed E-state index contributed by atoms with van der Waals surface area (Å²) in [6.07, 6.45) is 3.44. The molecule has 25 heavy (non-hydrogen) atoms. The van der Waals surface area contributed by atoms with E-state index in [9.17, 15) is 15.0 Å². The third kappa shape index (κ3) is 2.81. The third-order valence-corrected chi connectivity index (χ3v) is 5.70. The number of benzene rings is 1. The Morgan fingerprint density at radius 3 is 2.72 bits per heavy atom. The first kappa shape index (κ1) is 16.2. The largest absolute Gasteiger partial charge is 0.507 e. The molecule has 0 unspecified atom stereocenters. The zero-order chi connectivity index (χ0) is 17.6. The SMILES string of the molecule is CN1CCC(c2c(O)cc(O)c3c2O/C(=C/c2cccs2)C3=O)CC1. The summed E-state index contributed by atoms with van der Waals surface area (Å²) in [5.41, 5.74) is 0.804. The van der Waals surface area contributed by atoms with E-state index in [4.69, 9.17) is 4.74 Å². The number of ketones is 1. The number of phenols is 2. The minimum absolute atomic E-state index is 0.00373. The van der Waals surface area contributed by atoms with Crippen LogP contribution in [0.5, 0.6) is 17.2 Å². The van der Waals surface area contributed by atoms with Crippen molar-refractivity contribution in [3.8, 4) is 17.2 Å². The van der Waals surface area contributed by atoms with Gasteiger partial charge in [0.25, 0.3) is 0 Å². The van der Waals surface area contributed by atoms with E-state index in [1.165, 1.54) is 17.4 Å². The Morgan fingerprint density at radius 1 is 1.28 bits per heavy atom. The van der Waals surface area contributed by atoms with Gasteiger partial charge in [-0.1, -0.05) is 6.07 Å². The van der Waals surface area contributed by atoms with Crippen LogP contribution in [-0.4, -0.2) is 41.0 Å². The van der Waals surface area contributed by atoms with Gasteiger partial charge in [-0.05, 0) is 50.3 Å². The lowest BCUT2D eigenvalue weighted by molar-refractivity contribution is 0.101. The van der Waals surface area contributed by atoms with Crippen LogP contribution in [0.2, 0.25) is 0 Å². The number of allylic oxidation sites excluding steroid dienone is 1. The van der Waals surface area contributed by atoms with Crippen molar-refractivity contribution in [1.82, 2.24) is 4.90 Å². The fraction of sp³-hybridized carbons (Fsp3) is 0.316. The average Bonchev–Trinajstić information content (AvgIpc) is 3.18. The van der Waals surface area contributed by atoms with E-state index in [1.807, 2.05) is 17.5 Å². The van der Waals surface area contributed by atoms with Crippen LogP contribution in [0.4, 0.5) is 0 Å². The quantitative estimate of drug-likeness (QED) is 0.804. The summed E-state index contributed by atoms with van der Waals surface area (Å²) in [5.74, 6) is 0.0432. The van der Waals surface area contributed by atoms with Gasteiger partial charge in [-0.15, -0.1) is 11.3 Å². The molecule has 5 nitrogen and oxygen atoms in total. The zero-order valence-corrected chi connectivity index (χ0v) is 14.7. The molecule has 0 saturated carbocycles. The van der Waals surface area contributed by atoms with E-state index in [1.54, 1.807) is 6.08 Å². The molecule has 1 aromatic carbocycles. The topological polar surface area (TPSA) is 70.0 Å². The molecular formula is C19H19NO4S. The van der Waals surface area contributed by atoms with Crippen molar-refractivity contribution in [2.45, 2.75) is 18.8 Å². The molecule has 0 amide bonds. The molecule has 6 heteroatoms. The lowest BCUT2D eigenvalue weighted by Crippen LogP contribution is -2.29. The monoisotopic (exact) mass is 357 g/mol.